The summed E-state index contributed by atoms with van der Waals surface area (Å²) in [7, 11) is 0. The van der Waals surface area contributed by atoms with E-state index in [9.17, 15) is 9.59 Å². The average Bonchev–Trinajstić information content (AvgIpc) is 2.69. The van der Waals surface area contributed by atoms with Gasteiger partial charge in [0.05, 0.1) is 6.20 Å². The number of carbonyl (C=O) groups excluding carboxylic acids is 2. The van der Waals surface area contributed by atoms with Gasteiger partial charge in [-0.15, -0.1) is 11.8 Å². The molecular formula is C18H19BrN4O2S. The Labute approximate surface area is 165 Å². The van der Waals surface area contributed by atoms with Crippen LogP contribution in [0.4, 0.5) is 0 Å². The van der Waals surface area contributed by atoms with Crippen molar-refractivity contribution in [1.29, 1.82) is 0 Å². The zero-order valence-electron chi connectivity index (χ0n) is 14.2. The predicted octanol–water partition coefficient (Wildman–Crippen LogP) is 2.71. The van der Waals surface area contributed by atoms with Gasteiger partial charge in [0.25, 0.3) is 5.91 Å². The first-order valence-corrected chi connectivity index (χ1v) is 10.1. The second kappa shape index (κ2) is 9.14. The highest BCUT2D eigenvalue weighted by Crippen LogP contribution is 2.27. The molecule has 26 heavy (non-hydrogen) atoms. The van der Waals surface area contributed by atoms with E-state index in [1.54, 1.807) is 22.9 Å². The third-order valence-electron chi connectivity index (χ3n) is 4.11. The van der Waals surface area contributed by atoms with Crippen LogP contribution in [0, 0.1) is 0 Å². The van der Waals surface area contributed by atoms with Gasteiger partial charge in [-0.2, -0.15) is 0 Å². The minimum Gasteiger partial charge on any atom is -0.339 e. The van der Waals surface area contributed by atoms with Crippen LogP contribution in [-0.2, 0) is 4.79 Å². The van der Waals surface area contributed by atoms with Gasteiger partial charge in [0.2, 0.25) is 5.91 Å². The molecule has 2 aromatic rings. The van der Waals surface area contributed by atoms with Gasteiger partial charge in [0.1, 0.15) is 5.69 Å². The summed E-state index contributed by atoms with van der Waals surface area (Å²) < 4.78 is 1.05. The second-order valence-corrected chi connectivity index (χ2v) is 7.78. The van der Waals surface area contributed by atoms with Gasteiger partial charge in [0, 0.05) is 60.1 Å². The fourth-order valence-corrected chi connectivity index (χ4v) is 4.20. The normalized spacial score (nSPS) is 14.3. The zero-order valence-corrected chi connectivity index (χ0v) is 16.6. The van der Waals surface area contributed by atoms with Crippen molar-refractivity contribution in [2.45, 2.75) is 11.3 Å². The Kier molecular flexibility index (Phi) is 6.62. The Hall–Kier alpha value is -1.93. The lowest BCUT2D eigenvalue weighted by atomic mass is 10.2. The van der Waals surface area contributed by atoms with Gasteiger partial charge in [-0.05, 0) is 28.1 Å². The van der Waals surface area contributed by atoms with Gasteiger partial charge >= 0.3 is 0 Å². The number of hydrogen-bond acceptors (Lipinski definition) is 5. The molecule has 0 radical (unpaired) electrons. The topological polar surface area (TPSA) is 66.4 Å². The fourth-order valence-electron chi connectivity index (χ4n) is 2.70. The van der Waals surface area contributed by atoms with E-state index in [2.05, 4.69) is 25.9 Å². The smallest absolute Gasteiger partial charge is 0.274 e. The van der Waals surface area contributed by atoms with E-state index in [1.165, 1.54) is 12.4 Å². The van der Waals surface area contributed by atoms with Crippen molar-refractivity contribution in [3.05, 3.63) is 53.0 Å². The maximum atomic E-state index is 12.4. The summed E-state index contributed by atoms with van der Waals surface area (Å²) in [6.45, 7) is 2.17. The molecule has 2 heterocycles. The molecule has 2 amide bonds. The summed E-state index contributed by atoms with van der Waals surface area (Å²) >= 11 is 5.18. The number of hydrogen-bond donors (Lipinski definition) is 0. The van der Waals surface area contributed by atoms with Crippen LogP contribution < -0.4 is 0 Å². The van der Waals surface area contributed by atoms with Gasteiger partial charge in [-0.25, -0.2) is 4.98 Å². The van der Waals surface area contributed by atoms with Gasteiger partial charge < -0.3 is 9.80 Å². The molecule has 0 unspecified atom stereocenters. The minimum absolute atomic E-state index is 0.130. The molecule has 0 bridgehead atoms. The lowest BCUT2D eigenvalue weighted by molar-refractivity contribution is -0.132. The second-order valence-electron chi connectivity index (χ2n) is 5.79. The molecule has 6 nitrogen and oxygen atoms in total. The largest absolute Gasteiger partial charge is 0.339 e. The number of piperazine rings is 1. The third-order valence-corrected chi connectivity index (χ3v) is 6.14. The standard InChI is InChI=1S/C18H19BrN4O2S/c19-14-3-1-2-4-16(14)26-12-5-17(24)22-8-10-23(11-9-22)18(25)15-13-20-6-7-21-15/h1-4,6-7,13H,5,8-12H2. The summed E-state index contributed by atoms with van der Waals surface area (Å²) in [5.74, 6) is 0.742. The number of rotatable bonds is 5. The number of thioether (sulfide) groups is 1. The molecule has 0 atom stereocenters. The summed E-state index contributed by atoms with van der Waals surface area (Å²) in [6.07, 6.45) is 5.01. The predicted molar refractivity (Wildman–Crippen MR) is 104 cm³/mol. The molecule has 1 aliphatic heterocycles. The SMILES string of the molecule is O=C(CCSc1ccccc1Br)N1CCN(C(=O)c2cnccn2)CC1. The minimum atomic E-state index is -0.130. The lowest BCUT2D eigenvalue weighted by Crippen LogP contribution is -2.50. The zero-order chi connectivity index (χ0) is 18.4. The van der Waals surface area contributed by atoms with Crippen LogP contribution in [-0.4, -0.2) is 63.5 Å². The van der Waals surface area contributed by atoms with Crippen molar-refractivity contribution in [1.82, 2.24) is 19.8 Å². The summed E-state index contributed by atoms with van der Waals surface area (Å²) in [5.41, 5.74) is 0.345. The molecule has 8 heteroatoms. The molecule has 0 saturated carbocycles. The quantitative estimate of drug-likeness (QED) is 0.676. The number of amides is 2. The Morgan fingerprint density at radius 3 is 2.50 bits per heavy atom. The van der Waals surface area contributed by atoms with Crippen molar-refractivity contribution in [3.8, 4) is 0 Å². The molecule has 1 aromatic carbocycles. The van der Waals surface area contributed by atoms with Gasteiger partial charge in [-0.1, -0.05) is 12.1 Å². The van der Waals surface area contributed by atoms with Crippen LogP contribution >= 0.6 is 27.7 Å². The first-order chi connectivity index (χ1) is 12.6. The molecule has 136 valence electrons. The maximum absolute atomic E-state index is 12.4. The van der Waals surface area contributed by atoms with Crippen LogP contribution in [0.5, 0.6) is 0 Å². The van der Waals surface area contributed by atoms with Crippen molar-refractivity contribution < 1.29 is 9.59 Å². The van der Waals surface area contributed by atoms with E-state index in [-0.39, 0.29) is 11.8 Å². The molecule has 3 rings (SSSR count). The highest BCUT2D eigenvalue weighted by Gasteiger charge is 2.25. The van der Waals surface area contributed by atoms with E-state index >= 15 is 0 Å². The highest BCUT2D eigenvalue weighted by molar-refractivity contribution is 9.10. The molecule has 1 fully saturated rings. The van der Waals surface area contributed by atoms with E-state index in [1.807, 2.05) is 29.2 Å². The molecule has 0 N–H and O–H groups in total. The molecule has 0 aliphatic carbocycles. The van der Waals surface area contributed by atoms with Gasteiger partial charge in [-0.3, -0.25) is 14.6 Å². The van der Waals surface area contributed by atoms with Crippen molar-refractivity contribution in [2.75, 3.05) is 31.9 Å². The molecule has 1 aromatic heterocycles. The molecular weight excluding hydrogens is 416 g/mol. The van der Waals surface area contributed by atoms with E-state index < -0.39 is 0 Å². The van der Waals surface area contributed by atoms with Crippen LogP contribution in [0.25, 0.3) is 0 Å². The summed E-state index contributed by atoms with van der Waals surface area (Å²) in [6, 6.07) is 8.00. The van der Waals surface area contributed by atoms with Crippen molar-refractivity contribution >= 4 is 39.5 Å². The maximum Gasteiger partial charge on any atom is 0.274 e. The number of halogens is 1. The van der Waals surface area contributed by atoms with Crippen LogP contribution in [0.3, 0.4) is 0 Å². The lowest BCUT2D eigenvalue weighted by Gasteiger charge is -2.34. The summed E-state index contributed by atoms with van der Waals surface area (Å²) in [5, 5.41) is 0. The Morgan fingerprint density at radius 2 is 1.81 bits per heavy atom. The van der Waals surface area contributed by atoms with Crippen molar-refractivity contribution in [2.24, 2.45) is 0 Å². The van der Waals surface area contributed by atoms with Gasteiger partial charge in [0.15, 0.2) is 0 Å². The Bertz CT molecular complexity index is 767. The van der Waals surface area contributed by atoms with Crippen LogP contribution in [0.15, 0.2) is 52.2 Å². The number of carbonyl (C=O) groups is 2. The fraction of sp³-hybridized carbons (Fsp3) is 0.333. The first kappa shape index (κ1) is 18.8. The number of nitrogens with zero attached hydrogens (tertiary/aromatic N) is 4. The Balaban J connectivity index is 1.43. The molecule has 1 aliphatic rings. The highest BCUT2D eigenvalue weighted by atomic mass is 79.9. The Morgan fingerprint density at radius 1 is 1.08 bits per heavy atom. The van der Waals surface area contributed by atoms with E-state index in [4.69, 9.17) is 0 Å². The van der Waals surface area contributed by atoms with E-state index in [0.29, 0.717) is 38.3 Å². The average molecular weight is 435 g/mol. The monoisotopic (exact) mass is 434 g/mol. The summed E-state index contributed by atoms with van der Waals surface area (Å²) in [4.78, 5) is 37.4. The van der Waals surface area contributed by atoms with Crippen LogP contribution in [0.2, 0.25) is 0 Å². The van der Waals surface area contributed by atoms with E-state index in [0.717, 1.165) is 15.1 Å². The van der Waals surface area contributed by atoms with Crippen LogP contribution in [0.1, 0.15) is 16.9 Å². The number of aromatic nitrogens is 2. The molecule has 0 spiro atoms. The number of benzene rings is 1. The first-order valence-electron chi connectivity index (χ1n) is 8.35. The van der Waals surface area contributed by atoms with Crippen molar-refractivity contribution in [3.63, 3.8) is 0 Å². The third kappa shape index (κ3) is 4.82. The molecule has 1 saturated heterocycles.